The largest absolute Gasteiger partial charge is 0.456 e. The van der Waals surface area contributed by atoms with E-state index in [0.717, 1.165) is 42.8 Å². The van der Waals surface area contributed by atoms with Gasteiger partial charge in [-0.1, -0.05) is 39.0 Å². The second kappa shape index (κ2) is 8.84. The molecule has 7 nitrogen and oxygen atoms in total. The Morgan fingerprint density at radius 2 is 1.89 bits per heavy atom. The van der Waals surface area contributed by atoms with Crippen LogP contribution in [0.4, 0.5) is 0 Å². The Bertz CT molecular complexity index is 1020. The third-order valence-electron chi connectivity index (χ3n) is 4.92. The first-order valence-electron chi connectivity index (χ1n) is 9.65. The second-order valence-electron chi connectivity index (χ2n) is 6.60. The molecule has 28 heavy (non-hydrogen) atoms. The highest BCUT2D eigenvalue weighted by Gasteiger charge is 2.17. The molecule has 0 aliphatic heterocycles. The summed E-state index contributed by atoms with van der Waals surface area (Å²) in [7, 11) is 0. The number of fused-ring (bicyclic) bond motifs is 1. The van der Waals surface area contributed by atoms with Crippen molar-refractivity contribution in [1.82, 2.24) is 20.4 Å². The number of aryl methyl sites for hydroxylation is 1. The molecule has 2 aromatic heterocycles. The van der Waals surface area contributed by atoms with Crippen LogP contribution in [0.2, 0.25) is 0 Å². The van der Waals surface area contributed by atoms with Crippen LogP contribution in [0.25, 0.3) is 10.8 Å². The van der Waals surface area contributed by atoms with Gasteiger partial charge in [0.1, 0.15) is 5.76 Å². The molecule has 148 valence electrons. The number of H-pyrrole nitrogens is 1. The number of amides is 1. The summed E-state index contributed by atoms with van der Waals surface area (Å²) in [6.45, 7) is 9.09. The molecule has 0 radical (unpaired) electrons. The number of hydrogen-bond acceptors (Lipinski definition) is 5. The zero-order valence-corrected chi connectivity index (χ0v) is 16.5. The summed E-state index contributed by atoms with van der Waals surface area (Å²) in [6.07, 6.45) is 0.732. The lowest BCUT2D eigenvalue weighted by Gasteiger charge is -2.17. The highest BCUT2D eigenvalue weighted by Crippen LogP contribution is 2.19. The number of carbonyl (C=O) groups is 1. The number of aromatic nitrogens is 2. The first kappa shape index (κ1) is 19.8. The smallest absolute Gasteiger partial charge is 0.287 e. The number of hydrogen-bond donors (Lipinski definition) is 2. The van der Waals surface area contributed by atoms with Gasteiger partial charge in [-0.2, -0.15) is 5.10 Å². The van der Waals surface area contributed by atoms with Crippen molar-refractivity contribution < 1.29 is 9.21 Å². The first-order chi connectivity index (χ1) is 13.6. The molecule has 0 unspecified atom stereocenters. The Hall–Kier alpha value is -2.93. The van der Waals surface area contributed by atoms with E-state index in [0.29, 0.717) is 16.8 Å². The van der Waals surface area contributed by atoms with Crippen molar-refractivity contribution in [3.8, 4) is 0 Å². The molecule has 1 amide bonds. The molecule has 0 fully saturated rings. The predicted molar refractivity (Wildman–Crippen MR) is 108 cm³/mol. The van der Waals surface area contributed by atoms with Crippen molar-refractivity contribution in [3.63, 3.8) is 0 Å². The average Bonchev–Trinajstić information content (AvgIpc) is 3.14. The third kappa shape index (κ3) is 4.14. The summed E-state index contributed by atoms with van der Waals surface area (Å²) in [5.74, 6) is 0.843. The van der Waals surface area contributed by atoms with Gasteiger partial charge in [0.25, 0.3) is 11.5 Å². The zero-order chi connectivity index (χ0) is 20.1. The molecule has 3 rings (SSSR count). The first-order valence-corrected chi connectivity index (χ1v) is 9.65. The molecule has 0 saturated carbocycles. The van der Waals surface area contributed by atoms with Crippen LogP contribution in [0.1, 0.15) is 48.3 Å². The number of rotatable bonds is 8. The second-order valence-corrected chi connectivity index (χ2v) is 6.60. The van der Waals surface area contributed by atoms with Gasteiger partial charge in [-0.3, -0.25) is 14.5 Å². The van der Waals surface area contributed by atoms with Crippen LogP contribution in [0.15, 0.2) is 39.5 Å². The van der Waals surface area contributed by atoms with Gasteiger partial charge in [0.15, 0.2) is 5.76 Å². The van der Waals surface area contributed by atoms with E-state index >= 15 is 0 Å². The third-order valence-corrected chi connectivity index (χ3v) is 4.92. The van der Waals surface area contributed by atoms with Crippen LogP contribution in [-0.4, -0.2) is 34.1 Å². The summed E-state index contributed by atoms with van der Waals surface area (Å²) < 4.78 is 5.79. The quantitative estimate of drug-likeness (QED) is 0.625. The van der Waals surface area contributed by atoms with E-state index < -0.39 is 0 Å². The lowest BCUT2D eigenvalue weighted by molar-refractivity contribution is 0.0921. The molecule has 2 N–H and O–H groups in total. The molecule has 0 atom stereocenters. The van der Waals surface area contributed by atoms with Gasteiger partial charge >= 0.3 is 0 Å². The Morgan fingerprint density at radius 3 is 2.57 bits per heavy atom. The van der Waals surface area contributed by atoms with E-state index in [1.165, 1.54) is 0 Å². The fraction of sp³-hybridized carbons (Fsp3) is 0.381. The molecule has 2 heterocycles. The van der Waals surface area contributed by atoms with E-state index in [1.54, 1.807) is 12.1 Å². The standard InChI is InChI=1S/C21H26N4O3/c1-4-18-14(13-25(5-2)6-3)11-19(28-18)21(27)22-12-17-15-9-7-8-10-16(15)20(26)24-23-17/h7-11H,4-6,12-13H2,1-3H3,(H,22,27)(H,24,26). The number of carbonyl (C=O) groups excluding carboxylic acids is 1. The van der Waals surface area contributed by atoms with Crippen LogP contribution < -0.4 is 10.9 Å². The van der Waals surface area contributed by atoms with Crippen molar-refractivity contribution in [3.05, 3.63) is 63.5 Å². The number of benzene rings is 1. The molecular formula is C21H26N4O3. The van der Waals surface area contributed by atoms with E-state index in [-0.39, 0.29) is 18.0 Å². The molecule has 0 spiro atoms. The number of furan rings is 1. The molecule has 1 aromatic carbocycles. The minimum Gasteiger partial charge on any atom is -0.456 e. The van der Waals surface area contributed by atoms with Crippen LogP contribution in [0, 0.1) is 0 Å². The van der Waals surface area contributed by atoms with Crippen molar-refractivity contribution in [2.45, 2.75) is 40.3 Å². The molecule has 3 aromatic rings. The monoisotopic (exact) mass is 382 g/mol. The number of nitrogens with zero attached hydrogens (tertiary/aromatic N) is 2. The summed E-state index contributed by atoms with van der Waals surface area (Å²) in [5, 5.41) is 10.7. The Morgan fingerprint density at radius 1 is 1.18 bits per heavy atom. The number of nitrogens with one attached hydrogen (secondary N) is 2. The van der Waals surface area contributed by atoms with Crippen LogP contribution in [-0.2, 0) is 19.5 Å². The van der Waals surface area contributed by atoms with Gasteiger partial charge in [-0.05, 0) is 25.2 Å². The van der Waals surface area contributed by atoms with E-state index in [2.05, 4.69) is 34.3 Å². The van der Waals surface area contributed by atoms with Gasteiger partial charge in [0.2, 0.25) is 0 Å². The Kier molecular flexibility index (Phi) is 6.26. The van der Waals surface area contributed by atoms with Gasteiger partial charge in [0, 0.05) is 23.9 Å². The fourth-order valence-corrected chi connectivity index (χ4v) is 3.26. The normalized spacial score (nSPS) is 11.3. The van der Waals surface area contributed by atoms with Crippen LogP contribution >= 0.6 is 0 Å². The Labute approximate surface area is 163 Å². The molecule has 0 saturated heterocycles. The fourth-order valence-electron chi connectivity index (χ4n) is 3.26. The van der Waals surface area contributed by atoms with Gasteiger partial charge in [0.05, 0.1) is 17.6 Å². The van der Waals surface area contributed by atoms with Crippen molar-refractivity contribution >= 4 is 16.7 Å². The van der Waals surface area contributed by atoms with E-state index in [4.69, 9.17) is 4.42 Å². The lowest BCUT2D eigenvalue weighted by Crippen LogP contribution is -2.24. The maximum Gasteiger partial charge on any atom is 0.287 e. The highest BCUT2D eigenvalue weighted by atomic mass is 16.4. The maximum absolute atomic E-state index is 12.6. The van der Waals surface area contributed by atoms with Gasteiger partial charge in [-0.15, -0.1) is 0 Å². The lowest BCUT2D eigenvalue weighted by atomic mass is 10.1. The summed E-state index contributed by atoms with van der Waals surface area (Å²) in [4.78, 5) is 26.8. The Balaban J connectivity index is 1.76. The summed E-state index contributed by atoms with van der Waals surface area (Å²) >= 11 is 0. The summed E-state index contributed by atoms with van der Waals surface area (Å²) in [6, 6.07) is 9.02. The average molecular weight is 382 g/mol. The van der Waals surface area contributed by atoms with Crippen LogP contribution in [0.5, 0.6) is 0 Å². The molecule has 7 heteroatoms. The van der Waals surface area contributed by atoms with E-state index in [1.807, 2.05) is 25.1 Å². The highest BCUT2D eigenvalue weighted by molar-refractivity contribution is 5.92. The topological polar surface area (TPSA) is 91.2 Å². The zero-order valence-electron chi connectivity index (χ0n) is 16.5. The molecule has 0 aliphatic carbocycles. The SMILES string of the molecule is CCc1oc(C(=O)NCc2n[nH]c(=O)c3ccccc23)cc1CN(CC)CC. The number of aromatic amines is 1. The van der Waals surface area contributed by atoms with Gasteiger partial charge in [-0.25, -0.2) is 5.10 Å². The van der Waals surface area contributed by atoms with Gasteiger partial charge < -0.3 is 9.73 Å². The minimum atomic E-state index is -0.294. The van der Waals surface area contributed by atoms with E-state index in [9.17, 15) is 9.59 Å². The van der Waals surface area contributed by atoms with Crippen molar-refractivity contribution in [1.29, 1.82) is 0 Å². The molecular weight excluding hydrogens is 356 g/mol. The maximum atomic E-state index is 12.6. The summed E-state index contributed by atoms with van der Waals surface area (Å²) in [5.41, 5.74) is 1.41. The molecule has 0 bridgehead atoms. The predicted octanol–water partition coefficient (Wildman–Crippen LogP) is 2.85. The van der Waals surface area contributed by atoms with Crippen molar-refractivity contribution in [2.75, 3.05) is 13.1 Å². The van der Waals surface area contributed by atoms with Crippen molar-refractivity contribution in [2.24, 2.45) is 0 Å². The van der Waals surface area contributed by atoms with Crippen LogP contribution in [0.3, 0.4) is 0 Å². The minimum absolute atomic E-state index is 0.198. The molecule has 0 aliphatic rings.